The zero-order valence-corrected chi connectivity index (χ0v) is 8.61. The van der Waals surface area contributed by atoms with Crippen molar-refractivity contribution in [1.82, 2.24) is 5.32 Å². The van der Waals surface area contributed by atoms with Crippen LogP contribution in [0.4, 0.5) is 0 Å². The Morgan fingerprint density at radius 2 is 2.20 bits per heavy atom. The molecular weight excluding hydrogens is 186 g/mol. The van der Waals surface area contributed by atoms with Gasteiger partial charge >= 0.3 is 0 Å². The monoisotopic (exact) mass is 201 g/mol. The summed E-state index contributed by atoms with van der Waals surface area (Å²) in [6.07, 6.45) is 15.2. The van der Waals surface area contributed by atoms with Crippen LogP contribution in [-0.4, -0.2) is 16.7 Å². The van der Waals surface area contributed by atoms with E-state index in [1.54, 1.807) is 0 Å². The zero-order valence-electron chi connectivity index (χ0n) is 8.61. The molecule has 0 saturated carbocycles. The maximum Gasteiger partial charge on any atom is 0.0955 e. The highest BCUT2D eigenvalue weighted by Gasteiger charge is 2.32. The van der Waals surface area contributed by atoms with Gasteiger partial charge in [0.2, 0.25) is 0 Å². The third-order valence-corrected chi connectivity index (χ3v) is 3.38. The molecule has 0 aromatic carbocycles. The van der Waals surface area contributed by atoms with Crippen LogP contribution >= 0.6 is 0 Å². The molecule has 0 bridgehead atoms. The van der Waals surface area contributed by atoms with E-state index in [0.717, 1.165) is 30.5 Å². The summed E-state index contributed by atoms with van der Waals surface area (Å²) >= 11 is 0. The minimum atomic E-state index is -0.411. The predicted octanol–water partition coefficient (Wildman–Crippen LogP) is 1.81. The number of allylic oxidation sites excluding steroid dienone is 2. The molecule has 78 valence electrons. The normalized spacial score (nSPS) is 37.3. The summed E-state index contributed by atoms with van der Waals surface area (Å²) < 4.78 is 0. The SMILES string of the molecule is O[C@H]1C=CC2(C=CC2)NC2=C1CCC=C2. The molecule has 15 heavy (non-hydrogen) atoms. The lowest BCUT2D eigenvalue weighted by molar-refractivity contribution is 0.253. The Balaban J connectivity index is 2.01. The Morgan fingerprint density at radius 3 is 2.93 bits per heavy atom. The predicted molar refractivity (Wildman–Crippen MR) is 60.2 cm³/mol. The zero-order chi connectivity index (χ0) is 10.3. The second-order valence-corrected chi connectivity index (χ2v) is 4.46. The second kappa shape index (κ2) is 3.11. The van der Waals surface area contributed by atoms with E-state index in [1.165, 1.54) is 0 Å². The van der Waals surface area contributed by atoms with Crippen molar-refractivity contribution in [1.29, 1.82) is 0 Å². The first kappa shape index (κ1) is 8.98. The lowest BCUT2D eigenvalue weighted by Crippen LogP contribution is -2.44. The van der Waals surface area contributed by atoms with Crippen LogP contribution in [0.5, 0.6) is 0 Å². The van der Waals surface area contributed by atoms with Gasteiger partial charge in [-0.05, 0) is 30.9 Å². The first-order valence-electron chi connectivity index (χ1n) is 5.52. The van der Waals surface area contributed by atoms with Crippen molar-refractivity contribution in [3.63, 3.8) is 0 Å². The Morgan fingerprint density at radius 1 is 1.33 bits per heavy atom. The van der Waals surface area contributed by atoms with Gasteiger partial charge in [-0.1, -0.05) is 30.4 Å². The molecule has 2 atom stereocenters. The number of hydrogen-bond donors (Lipinski definition) is 2. The summed E-state index contributed by atoms with van der Waals surface area (Å²) in [5.41, 5.74) is 2.22. The fraction of sp³-hybridized carbons (Fsp3) is 0.385. The van der Waals surface area contributed by atoms with Crippen LogP contribution in [0.3, 0.4) is 0 Å². The molecule has 1 heterocycles. The van der Waals surface area contributed by atoms with Crippen LogP contribution in [-0.2, 0) is 0 Å². The van der Waals surface area contributed by atoms with E-state index in [9.17, 15) is 5.11 Å². The number of nitrogens with one attached hydrogen (secondary N) is 1. The Labute approximate surface area is 89.7 Å². The summed E-state index contributed by atoms with van der Waals surface area (Å²) in [5, 5.41) is 13.5. The highest BCUT2D eigenvalue weighted by atomic mass is 16.3. The minimum absolute atomic E-state index is 0.0280. The Kier molecular flexibility index (Phi) is 1.86. The Hall–Kier alpha value is -1.28. The lowest BCUT2D eigenvalue weighted by atomic mass is 9.85. The largest absolute Gasteiger partial charge is 0.385 e. The van der Waals surface area contributed by atoms with Crippen molar-refractivity contribution in [3.05, 3.63) is 47.7 Å². The molecule has 1 aliphatic heterocycles. The van der Waals surface area contributed by atoms with E-state index < -0.39 is 6.10 Å². The first-order valence-corrected chi connectivity index (χ1v) is 5.52. The van der Waals surface area contributed by atoms with Crippen LogP contribution in [0.25, 0.3) is 0 Å². The average molecular weight is 201 g/mol. The van der Waals surface area contributed by atoms with E-state index in [-0.39, 0.29) is 5.54 Å². The van der Waals surface area contributed by atoms with Crippen molar-refractivity contribution in [2.75, 3.05) is 0 Å². The second-order valence-electron chi connectivity index (χ2n) is 4.46. The molecule has 2 N–H and O–H groups in total. The molecule has 1 unspecified atom stereocenters. The molecule has 3 aliphatic rings. The standard InChI is InChI=1S/C13H15NO/c15-12-6-9-13(7-3-8-13)14-11-5-2-1-4-10(11)12/h2-3,5-7,9,12,14-15H,1,4,8H2/t12-,13?/m0/s1. The molecule has 0 amide bonds. The van der Waals surface area contributed by atoms with E-state index in [2.05, 4.69) is 35.7 Å². The van der Waals surface area contributed by atoms with E-state index in [4.69, 9.17) is 0 Å². The van der Waals surface area contributed by atoms with Crippen molar-refractivity contribution in [2.45, 2.75) is 30.9 Å². The smallest absolute Gasteiger partial charge is 0.0955 e. The van der Waals surface area contributed by atoms with Crippen LogP contribution in [0.1, 0.15) is 19.3 Å². The minimum Gasteiger partial charge on any atom is -0.385 e. The van der Waals surface area contributed by atoms with Gasteiger partial charge in [0, 0.05) is 5.70 Å². The lowest BCUT2D eigenvalue weighted by Gasteiger charge is -2.35. The van der Waals surface area contributed by atoms with Gasteiger partial charge in [-0.2, -0.15) is 0 Å². The summed E-state index contributed by atoms with van der Waals surface area (Å²) in [6.45, 7) is 0. The van der Waals surface area contributed by atoms with Crippen molar-refractivity contribution in [3.8, 4) is 0 Å². The van der Waals surface area contributed by atoms with Gasteiger partial charge in [0.05, 0.1) is 11.6 Å². The molecule has 0 radical (unpaired) electrons. The molecule has 3 rings (SSSR count). The van der Waals surface area contributed by atoms with Gasteiger partial charge in [0.1, 0.15) is 0 Å². The molecule has 0 aromatic heterocycles. The summed E-state index contributed by atoms with van der Waals surface area (Å²) in [7, 11) is 0. The number of rotatable bonds is 0. The summed E-state index contributed by atoms with van der Waals surface area (Å²) in [6, 6.07) is 0. The highest BCUT2D eigenvalue weighted by molar-refractivity contribution is 5.42. The van der Waals surface area contributed by atoms with Crippen molar-refractivity contribution < 1.29 is 5.11 Å². The summed E-state index contributed by atoms with van der Waals surface area (Å²) in [5.74, 6) is 0. The number of aliphatic hydroxyl groups excluding tert-OH is 1. The van der Waals surface area contributed by atoms with Gasteiger partial charge in [-0.3, -0.25) is 0 Å². The van der Waals surface area contributed by atoms with Crippen LogP contribution in [0.15, 0.2) is 47.7 Å². The van der Waals surface area contributed by atoms with Crippen LogP contribution < -0.4 is 5.32 Å². The molecule has 0 saturated heterocycles. The quantitative estimate of drug-likeness (QED) is 0.586. The molecule has 2 heteroatoms. The third-order valence-electron chi connectivity index (χ3n) is 3.38. The molecular formula is C13H15NO. The topological polar surface area (TPSA) is 32.3 Å². The molecule has 0 fully saturated rings. The number of aliphatic hydroxyl groups is 1. The fourth-order valence-electron chi connectivity index (χ4n) is 2.37. The van der Waals surface area contributed by atoms with Gasteiger partial charge in [0.15, 0.2) is 0 Å². The third kappa shape index (κ3) is 1.37. The molecule has 1 spiro atoms. The first-order chi connectivity index (χ1) is 7.29. The maximum atomic E-state index is 9.99. The maximum absolute atomic E-state index is 9.99. The van der Waals surface area contributed by atoms with E-state index >= 15 is 0 Å². The summed E-state index contributed by atoms with van der Waals surface area (Å²) in [4.78, 5) is 0. The molecule has 2 aliphatic carbocycles. The van der Waals surface area contributed by atoms with Gasteiger partial charge in [-0.25, -0.2) is 0 Å². The molecule has 2 nitrogen and oxygen atoms in total. The Bertz CT molecular complexity index is 403. The van der Waals surface area contributed by atoms with Crippen molar-refractivity contribution in [2.24, 2.45) is 0 Å². The fourth-order valence-corrected chi connectivity index (χ4v) is 2.37. The van der Waals surface area contributed by atoms with Crippen LogP contribution in [0.2, 0.25) is 0 Å². The average Bonchev–Trinajstić information content (AvgIpc) is 2.36. The van der Waals surface area contributed by atoms with E-state index in [1.807, 2.05) is 6.08 Å². The number of hydrogen-bond acceptors (Lipinski definition) is 2. The van der Waals surface area contributed by atoms with Gasteiger partial charge in [0.25, 0.3) is 0 Å². The van der Waals surface area contributed by atoms with E-state index in [0.29, 0.717) is 0 Å². The van der Waals surface area contributed by atoms with Crippen molar-refractivity contribution >= 4 is 0 Å². The highest BCUT2D eigenvalue weighted by Crippen LogP contribution is 2.32. The van der Waals surface area contributed by atoms with Crippen LogP contribution in [0, 0.1) is 0 Å². The molecule has 0 aromatic rings. The van der Waals surface area contributed by atoms with Gasteiger partial charge in [-0.15, -0.1) is 0 Å². The van der Waals surface area contributed by atoms with Gasteiger partial charge < -0.3 is 10.4 Å².